The van der Waals surface area contributed by atoms with Gasteiger partial charge in [0.2, 0.25) is 5.95 Å². The zero-order chi connectivity index (χ0) is 13.2. The molecule has 0 atom stereocenters. The van der Waals surface area contributed by atoms with Crippen LogP contribution in [-0.4, -0.2) is 19.1 Å². The van der Waals surface area contributed by atoms with Crippen LogP contribution in [0.5, 0.6) is 0 Å². The molecule has 0 aliphatic heterocycles. The van der Waals surface area contributed by atoms with Crippen molar-refractivity contribution in [2.24, 2.45) is 0 Å². The highest BCUT2D eigenvalue weighted by Crippen LogP contribution is 2.19. The highest BCUT2D eigenvalue weighted by molar-refractivity contribution is 5.78. The first kappa shape index (κ1) is 11.7. The number of nitrogen functional groups attached to an aromatic ring is 1. The number of anilines is 1. The van der Waals surface area contributed by atoms with E-state index in [2.05, 4.69) is 9.97 Å². The molecule has 6 heteroatoms. The molecule has 0 aliphatic carbocycles. The summed E-state index contributed by atoms with van der Waals surface area (Å²) in [7, 11) is 0. The van der Waals surface area contributed by atoms with Crippen LogP contribution in [0.2, 0.25) is 0 Å². The van der Waals surface area contributed by atoms with Crippen LogP contribution in [0.1, 0.15) is 6.42 Å². The first-order chi connectivity index (χ1) is 9.24. The third-order valence-electron chi connectivity index (χ3n) is 3.10. The second kappa shape index (κ2) is 4.72. The van der Waals surface area contributed by atoms with Gasteiger partial charge >= 0.3 is 0 Å². The zero-order valence-corrected chi connectivity index (χ0v) is 10.3. The number of aromatic nitrogens is 4. The standard InChI is InChI=1S/C13H14FN5/c14-10-2-3-11-12(8-10)19(13(15)17-11)6-1-5-18-7-4-16-9-18/h2-4,7-9H,1,5-6H2,(H2,15,17). The molecule has 1 aromatic carbocycles. The van der Waals surface area contributed by atoms with Crippen molar-refractivity contribution in [2.75, 3.05) is 5.73 Å². The van der Waals surface area contributed by atoms with E-state index in [0.29, 0.717) is 12.5 Å². The van der Waals surface area contributed by atoms with E-state index in [1.165, 1.54) is 12.1 Å². The molecule has 2 heterocycles. The van der Waals surface area contributed by atoms with Gasteiger partial charge in [-0.3, -0.25) is 0 Å². The fourth-order valence-corrected chi connectivity index (χ4v) is 2.18. The number of halogens is 1. The molecule has 0 saturated carbocycles. The first-order valence-electron chi connectivity index (χ1n) is 6.11. The van der Waals surface area contributed by atoms with E-state index in [1.54, 1.807) is 18.6 Å². The Morgan fingerprint density at radius 2 is 2.16 bits per heavy atom. The summed E-state index contributed by atoms with van der Waals surface area (Å²) >= 11 is 0. The average molecular weight is 259 g/mol. The highest BCUT2D eigenvalue weighted by Gasteiger charge is 2.08. The lowest BCUT2D eigenvalue weighted by Crippen LogP contribution is -2.06. The van der Waals surface area contributed by atoms with Crippen molar-refractivity contribution in [2.45, 2.75) is 19.5 Å². The normalized spacial score (nSPS) is 11.2. The van der Waals surface area contributed by atoms with Crippen LogP contribution < -0.4 is 5.73 Å². The molecule has 98 valence electrons. The van der Waals surface area contributed by atoms with Crippen molar-refractivity contribution in [1.29, 1.82) is 0 Å². The molecule has 2 aromatic heterocycles. The van der Waals surface area contributed by atoms with E-state index >= 15 is 0 Å². The predicted octanol–water partition coefficient (Wildman–Crippen LogP) is 2.04. The Balaban J connectivity index is 1.80. The van der Waals surface area contributed by atoms with Crippen LogP contribution in [0.15, 0.2) is 36.9 Å². The lowest BCUT2D eigenvalue weighted by molar-refractivity contribution is 0.574. The molecular weight excluding hydrogens is 245 g/mol. The molecule has 0 radical (unpaired) electrons. The molecule has 0 unspecified atom stereocenters. The minimum Gasteiger partial charge on any atom is -0.369 e. The second-order valence-corrected chi connectivity index (χ2v) is 4.41. The van der Waals surface area contributed by atoms with Gasteiger partial charge in [0, 0.05) is 25.5 Å². The summed E-state index contributed by atoms with van der Waals surface area (Å²) in [5.74, 6) is 0.148. The zero-order valence-electron chi connectivity index (χ0n) is 10.3. The maximum absolute atomic E-state index is 13.3. The SMILES string of the molecule is Nc1nc2ccc(F)cc2n1CCCn1ccnc1. The molecule has 0 aliphatic rings. The number of rotatable bonds is 4. The van der Waals surface area contributed by atoms with Gasteiger partial charge in [0.15, 0.2) is 0 Å². The summed E-state index contributed by atoms with van der Waals surface area (Å²) in [6, 6.07) is 4.51. The minimum absolute atomic E-state index is 0.275. The van der Waals surface area contributed by atoms with Gasteiger partial charge in [-0.2, -0.15) is 0 Å². The van der Waals surface area contributed by atoms with Gasteiger partial charge in [-0.1, -0.05) is 0 Å². The molecule has 0 amide bonds. The summed E-state index contributed by atoms with van der Waals surface area (Å²) in [5, 5.41) is 0. The number of hydrogen-bond acceptors (Lipinski definition) is 3. The van der Waals surface area contributed by atoms with Crippen LogP contribution in [0.4, 0.5) is 10.3 Å². The highest BCUT2D eigenvalue weighted by atomic mass is 19.1. The van der Waals surface area contributed by atoms with E-state index in [-0.39, 0.29) is 5.82 Å². The van der Waals surface area contributed by atoms with E-state index in [0.717, 1.165) is 24.0 Å². The van der Waals surface area contributed by atoms with Crippen LogP contribution in [0, 0.1) is 5.82 Å². The van der Waals surface area contributed by atoms with Crippen molar-refractivity contribution in [3.05, 3.63) is 42.7 Å². The molecule has 19 heavy (non-hydrogen) atoms. The largest absolute Gasteiger partial charge is 0.369 e. The van der Waals surface area contributed by atoms with E-state index in [9.17, 15) is 4.39 Å². The predicted molar refractivity (Wildman–Crippen MR) is 70.9 cm³/mol. The van der Waals surface area contributed by atoms with Gasteiger partial charge in [0.05, 0.1) is 17.4 Å². The Hall–Kier alpha value is -2.37. The monoisotopic (exact) mass is 259 g/mol. The number of nitrogens with zero attached hydrogens (tertiary/aromatic N) is 4. The summed E-state index contributed by atoms with van der Waals surface area (Å²) in [4.78, 5) is 8.21. The fraction of sp³-hybridized carbons (Fsp3) is 0.231. The van der Waals surface area contributed by atoms with Crippen molar-refractivity contribution in [3.63, 3.8) is 0 Å². The Morgan fingerprint density at radius 1 is 1.26 bits per heavy atom. The molecule has 2 N–H and O–H groups in total. The van der Waals surface area contributed by atoms with Gasteiger partial charge in [0.25, 0.3) is 0 Å². The van der Waals surface area contributed by atoms with Crippen LogP contribution in [0.25, 0.3) is 11.0 Å². The van der Waals surface area contributed by atoms with E-state index < -0.39 is 0 Å². The summed E-state index contributed by atoms with van der Waals surface area (Å²) in [6.07, 6.45) is 6.31. The smallest absolute Gasteiger partial charge is 0.201 e. The minimum atomic E-state index is -0.275. The van der Waals surface area contributed by atoms with Crippen molar-refractivity contribution >= 4 is 17.0 Å². The topological polar surface area (TPSA) is 61.7 Å². The maximum Gasteiger partial charge on any atom is 0.201 e. The number of fused-ring (bicyclic) bond motifs is 1. The van der Waals surface area contributed by atoms with Crippen LogP contribution in [0.3, 0.4) is 0 Å². The van der Waals surface area contributed by atoms with Gasteiger partial charge < -0.3 is 14.9 Å². The summed E-state index contributed by atoms with van der Waals surface area (Å²) in [6.45, 7) is 1.54. The number of benzene rings is 1. The quantitative estimate of drug-likeness (QED) is 0.780. The molecule has 0 fully saturated rings. The van der Waals surface area contributed by atoms with Gasteiger partial charge in [0.1, 0.15) is 5.82 Å². The Labute approximate surface area is 109 Å². The molecule has 0 bridgehead atoms. The molecule has 0 spiro atoms. The van der Waals surface area contributed by atoms with Gasteiger partial charge in [-0.15, -0.1) is 0 Å². The summed E-state index contributed by atoms with van der Waals surface area (Å²) < 4.78 is 17.1. The Bertz CT molecular complexity index is 686. The fourth-order valence-electron chi connectivity index (χ4n) is 2.18. The maximum atomic E-state index is 13.3. The Kier molecular flexibility index (Phi) is 2.91. The third kappa shape index (κ3) is 2.29. The molecule has 0 saturated heterocycles. The van der Waals surface area contributed by atoms with E-state index in [4.69, 9.17) is 5.73 Å². The lowest BCUT2D eigenvalue weighted by Gasteiger charge is -2.07. The second-order valence-electron chi connectivity index (χ2n) is 4.41. The molecule has 3 aromatic rings. The molecule has 3 rings (SSSR count). The van der Waals surface area contributed by atoms with Gasteiger partial charge in [-0.25, -0.2) is 14.4 Å². The number of imidazole rings is 2. The van der Waals surface area contributed by atoms with Crippen molar-refractivity contribution in [1.82, 2.24) is 19.1 Å². The number of hydrogen-bond donors (Lipinski definition) is 1. The Morgan fingerprint density at radius 3 is 2.95 bits per heavy atom. The van der Waals surface area contributed by atoms with Crippen molar-refractivity contribution in [3.8, 4) is 0 Å². The number of aryl methyl sites for hydroxylation is 2. The van der Waals surface area contributed by atoms with Crippen LogP contribution in [-0.2, 0) is 13.1 Å². The van der Waals surface area contributed by atoms with Crippen LogP contribution >= 0.6 is 0 Å². The van der Waals surface area contributed by atoms with Gasteiger partial charge in [-0.05, 0) is 24.6 Å². The first-order valence-corrected chi connectivity index (χ1v) is 6.11. The van der Waals surface area contributed by atoms with E-state index in [1.807, 2.05) is 15.3 Å². The lowest BCUT2D eigenvalue weighted by atomic mass is 10.3. The van der Waals surface area contributed by atoms with Crippen molar-refractivity contribution < 1.29 is 4.39 Å². The molecule has 5 nitrogen and oxygen atoms in total. The molecular formula is C13H14FN5. The number of nitrogens with two attached hydrogens (primary N) is 1. The summed E-state index contributed by atoms with van der Waals surface area (Å²) in [5.41, 5.74) is 7.34. The third-order valence-corrected chi connectivity index (χ3v) is 3.10. The average Bonchev–Trinajstić information content (AvgIpc) is 2.99.